The van der Waals surface area contributed by atoms with Gasteiger partial charge < -0.3 is 20.1 Å². The smallest absolute Gasteiger partial charge is 0.226 e. The third-order valence-electron chi connectivity index (χ3n) is 6.68. The lowest BCUT2D eigenvalue weighted by Crippen LogP contribution is -2.44. The topological polar surface area (TPSA) is 132 Å². The molecule has 0 spiro atoms. The Labute approximate surface area is 213 Å². The van der Waals surface area contributed by atoms with Gasteiger partial charge in [0.15, 0.2) is 11.6 Å². The van der Waals surface area contributed by atoms with Crippen molar-refractivity contribution in [3.8, 4) is 22.8 Å². The zero-order valence-corrected chi connectivity index (χ0v) is 21.0. The fourth-order valence-corrected chi connectivity index (χ4v) is 4.47. The molecular weight excluding hydrogens is 468 g/mol. The molecule has 0 saturated carbocycles. The summed E-state index contributed by atoms with van der Waals surface area (Å²) in [5, 5.41) is 11.4. The van der Waals surface area contributed by atoms with Crippen molar-refractivity contribution < 1.29 is 4.79 Å². The molecule has 0 bridgehead atoms. The number of fused-ring (bicyclic) bond motifs is 2. The first-order valence-corrected chi connectivity index (χ1v) is 12.4. The van der Waals surface area contributed by atoms with Crippen molar-refractivity contribution in [1.29, 1.82) is 0 Å². The number of nitrogens with zero attached hydrogens (tertiary/aromatic N) is 7. The Kier molecular flexibility index (Phi) is 5.76. The number of nitrogens with one attached hydrogen (secondary N) is 3. The van der Waals surface area contributed by atoms with E-state index in [2.05, 4.69) is 52.3 Å². The fraction of sp³-hybridized carbons (Fsp3) is 0.308. The van der Waals surface area contributed by atoms with Gasteiger partial charge in [-0.2, -0.15) is 5.10 Å². The lowest BCUT2D eigenvalue weighted by atomic mass is 10.1. The number of aromatic nitrogens is 7. The standard InChI is InChI=1S/C26H28N10O/c1-15(2)26(37)30-17-10-16(12-27-13-17)20-11-18-21(14-29-20)33-34-22(18)24-31-19-4-5-28-25(23(19)32-24)36-8-6-35(3)7-9-36/h4-5,10-15H,6-9H2,1-3H3,(H,30,37)(H,31,32)(H,33,34). The molecule has 0 unspecified atom stereocenters. The van der Waals surface area contributed by atoms with Crippen molar-refractivity contribution in [1.82, 2.24) is 40.0 Å². The van der Waals surface area contributed by atoms with Crippen LogP contribution in [0.3, 0.4) is 0 Å². The molecular formula is C26H28N10O. The average molecular weight is 497 g/mol. The van der Waals surface area contributed by atoms with E-state index >= 15 is 0 Å². The molecule has 11 nitrogen and oxygen atoms in total. The first-order chi connectivity index (χ1) is 18.0. The lowest BCUT2D eigenvalue weighted by Gasteiger charge is -2.33. The molecule has 11 heteroatoms. The highest BCUT2D eigenvalue weighted by Crippen LogP contribution is 2.31. The largest absolute Gasteiger partial charge is 0.352 e. The van der Waals surface area contributed by atoms with Crippen molar-refractivity contribution in [3.05, 3.63) is 43.0 Å². The Balaban J connectivity index is 1.36. The third kappa shape index (κ3) is 4.38. The number of piperazine rings is 1. The van der Waals surface area contributed by atoms with Crippen LogP contribution in [0.5, 0.6) is 0 Å². The quantitative estimate of drug-likeness (QED) is 0.338. The van der Waals surface area contributed by atoms with Crippen LogP contribution in [-0.4, -0.2) is 79.2 Å². The Morgan fingerprint density at radius 1 is 1.05 bits per heavy atom. The number of aromatic amines is 2. The number of anilines is 2. The van der Waals surface area contributed by atoms with Crippen molar-refractivity contribution in [2.45, 2.75) is 13.8 Å². The van der Waals surface area contributed by atoms with Crippen LogP contribution in [0.2, 0.25) is 0 Å². The van der Waals surface area contributed by atoms with Crippen LogP contribution in [0.15, 0.2) is 43.0 Å². The van der Waals surface area contributed by atoms with Gasteiger partial charge in [0.1, 0.15) is 11.2 Å². The summed E-state index contributed by atoms with van der Waals surface area (Å²) in [5.74, 6) is 1.37. The van der Waals surface area contributed by atoms with Gasteiger partial charge in [0.2, 0.25) is 5.91 Å². The van der Waals surface area contributed by atoms with Crippen molar-refractivity contribution in [3.63, 3.8) is 0 Å². The Hall–Kier alpha value is -4.38. The van der Waals surface area contributed by atoms with Crippen molar-refractivity contribution in [2.75, 3.05) is 43.4 Å². The van der Waals surface area contributed by atoms with Gasteiger partial charge in [-0.3, -0.25) is 19.9 Å². The fourth-order valence-electron chi connectivity index (χ4n) is 4.47. The maximum atomic E-state index is 12.1. The number of pyridine rings is 3. The zero-order valence-electron chi connectivity index (χ0n) is 21.0. The molecule has 0 radical (unpaired) electrons. The summed E-state index contributed by atoms with van der Waals surface area (Å²) >= 11 is 0. The normalized spacial score (nSPS) is 14.6. The maximum absolute atomic E-state index is 12.1. The molecule has 0 aliphatic carbocycles. The number of hydrogen-bond acceptors (Lipinski definition) is 8. The summed E-state index contributed by atoms with van der Waals surface area (Å²) in [7, 11) is 2.14. The summed E-state index contributed by atoms with van der Waals surface area (Å²) in [6, 6.07) is 5.78. The van der Waals surface area contributed by atoms with Gasteiger partial charge in [0.25, 0.3) is 0 Å². The number of amides is 1. The summed E-state index contributed by atoms with van der Waals surface area (Å²) < 4.78 is 0. The second-order valence-electron chi connectivity index (χ2n) is 9.70. The van der Waals surface area contributed by atoms with E-state index in [9.17, 15) is 4.79 Å². The molecule has 1 fully saturated rings. The minimum absolute atomic E-state index is 0.0604. The van der Waals surface area contributed by atoms with E-state index in [1.807, 2.05) is 38.2 Å². The minimum Gasteiger partial charge on any atom is -0.352 e. The van der Waals surface area contributed by atoms with Crippen molar-refractivity contribution >= 4 is 39.3 Å². The monoisotopic (exact) mass is 496 g/mol. The molecule has 0 aromatic carbocycles. The predicted molar refractivity (Wildman–Crippen MR) is 143 cm³/mol. The first-order valence-electron chi connectivity index (χ1n) is 12.4. The average Bonchev–Trinajstić information content (AvgIpc) is 3.53. The summed E-state index contributed by atoms with van der Waals surface area (Å²) in [5.41, 5.74) is 5.41. The van der Waals surface area contributed by atoms with Crippen LogP contribution in [0.25, 0.3) is 44.7 Å². The van der Waals surface area contributed by atoms with Gasteiger partial charge in [-0.25, -0.2) is 9.97 Å². The molecule has 5 aromatic rings. The van der Waals surface area contributed by atoms with Gasteiger partial charge in [0, 0.05) is 55.4 Å². The predicted octanol–water partition coefficient (Wildman–Crippen LogP) is 3.30. The highest BCUT2D eigenvalue weighted by Gasteiger charge is 2.21. The van der Waals surface area contributed by atoms with Gasteiger partial charge >= 0.3 is 0 Å². The van der Waals surface area contributed by atoms with Gasteiger partial charge in [-0.05, 0) is 25.2 Å². The van der Waals surface area contributed by atoms with Gasteiger partial charge in [-0.1, -0.05) is 13.8 Å². The van der Waals surface area contributed by atoms with Gasteiger partial charge in [-0.15, -0.1) is 0 Å². The Bertz CT molecular complexity index is 1600. The van der Waals surface area contributed by atoms with Crippen LogP contribution < -0.4 is 10.2 Å². The van der Waals surface area contributed by atoms with E-state index < -0.39 is 0 Å². The minimum atomic E-state index is -0.123. The third-order valence-corrected chi connectivity index (χ3v) is 6.68. The van der Waals surface area contributed by atoms with Crippen LogP contribution in [0.1, 0.15) is 13.8 Å². The SMILES string of the molecule is CC(C)C(=O)Nc1cncc(-c2cc3c(-c4nc5c(N6CCN(C)CC6)nccc5[nH]4)n[nH]c3cn2)c1. The summed E-state index contributed by atoms with van der Waals surface area (Å²) in [4.78, 5) is 38.6. The molecule has 1 amide bonds. The maximum Gasteiger partial charge on any atom is 0.226 e. The summed E-state index contributed by atoms with van der Waals surface area (Å²) in [6.07, 6.45) is 6.93. The number of likely N-dealkylation sites (N-methyl/N-ethyl adjacent to an activating group) is 1. The number of hydrogen-bond donors (Lipinski definition) is 3. The highest BCUT2D eigenvalue weighted by atomic mass is 16.1. The van der Waals surface area contributed by atoms with Crippen molar-refractivity contribution in [2.24, 2.45) is 5.92 Å². The van der Waals surface area contributed by atoms with Crippen LogP contribution in [0, 0.1) is 5.92 Å². The van der Waals surface area contributed by atoms with E-state index in [0.717, 1.165) is 65.2 Å². The second-order valence-corrected chi connectivity index (χ2v) is 9.70. The number of carbonyl (C=O) groups is 1. The Morgan fingerprint density at radius 2 is 1.89 bits per heavy atom. The van der Waals surface area contributed by atoms with Gasteiger partial charge in [0.05, 0.1) is 34.8 Å². The summed E-state index contributed by atoms with van der Waals surface area (Å²) in [6.45, 7) is 7.51. The van der Waals surface area contributed by atoms with E-state index in [0.29, 0.717) is 17.2 Å². The molecule has 6 heterocycles. The zero-order chi connectivity index (χ0) is 25.5. The van der Waals surface area contributed by atoms with Crippen LogP contribution in [0.4, 0.5) is 11.5 Å². The molecule has 1 aliphatic heterocycles. The molecule has 1 aliphatic rings. The number of carbonyl (C=O) groups excluding carboxylic acids is 1. The van der Waals surface area contributed by atoms with Crippen LogP contribution >= 0.6 is 0 Å². The molecule has 188 valence electrons. The Morgan fingerprint density at radius 3 is 2.70 bits per heavy atom. The van der Waals surface area contributed by atoms with Crippen LogP contribution in [-0.2, 0) is 4.79 Å². The van der Waals surface area contributed by atoms with E-state index in [4.69, 9.17) is 4.98 Å². The molecule has 3 N–H and O–H groups in total. The molecule has 0 atom stereocenters. The number of H-pyrrole nitrogens is 2. The molecule has 5 aromatic heterocycles. The lowest BCUT2D eigenvalue weighted by molar-refractivity contribution is -0.118. The molecule has 1 saturated heterocycles. The molecule has 37 heavy (non-hydrogen) atoms. The highest BCUT2D eigenvalue weighted by molar-refractivity contribution is 5.96. The van der Waals surface area contributed by atoms with E-state index in [1.165, 1.54) is 0 Å². The van der Waals surface area contributed by atoms with E-state index in [-0.39, 0.29) is 11.8 Å². The van der Waals surface area contributed by atoms with E-state index in [1.54, 1.807) is 18.6 Å². The first kappa shape index (κ1) is 23.0. The number of imidazole rings is 1. The molecule has 6 rings (SSSR count). The number of rotatable bonds is 5. The second kappa shape index (κ2) is 9.25.